The lowest BCUT2D eigenvalue weighted by molar-refractivity contribution is -0.116. The van der Waals surface area contributed by atoms with Crippen molar-refractivity contribution in [2.24, 2.45) is 5.73 Å². The third kappa shape index (κ3) is 4.01. The average molecular weight is 454 g/mol. The second kappa shape index (κ2) is 8.66. The number of ether oxygens (including phenoxy) is 1. The number of hydrogen-bond acceptors (Lipinski definition) is 5. The van der Waals surface area contributed by atoms with Crippen molar-refractivity contribution in [2.75, 3.05) is 7.05 Å². The van der Waals surface area contributed by atoms with Gasteiger partial charge in [0.25, 0.3) is 0 Å². The summed E-state index contributed by atoms with van der Waals surface area (Å²) < 4.78 is 5.86. The van der Waals surface area contributed by atoms with Crippen LogP contribution in [0.4, 0.5) is 0 Å². The van der Waals surface area contributed by atoms with Crippen LogP contribution in [-0.2, 0) is 11.4 Å². The molecule has 1 atom stereocenters. The van der Waals surface area contributed by atoms with Crippen LogP contribution in [0.5, 0.6) is 5.75 Å². The molecule has 2 aliphatic rings. The lowest BCUT2D eigenvalue weighted by atomic mass is 9.76. The maximum atomic E-state index is 12.8. The summed E-state index contributed by atoms with van der Waals surface area (Å²) in [5, 5.41) is 10.9. The van der Waals surface area contributed by atoms with Gasteiger partial charge in [-0.05, 0) is 42.7 Å². The Labute approximate surface area is 191 Å². The third-order valence-corrected chi connectivity index (χ3v) is 6.38. The zero-order valence-corrected chi connectivity index (χ0v) is 18.5. The highest BCUT2D eigenvalue weighted by Crippen LogP contribution is 2.44. The van der Waals surface area contributed by atoms with Crippen molar-refractivity contribution in [1.82, 2.24) is 4.90 Å². The van der Waals surface area contributed by atoms with Crippen molar-refractivity contribution < 1.29 is 9.53 Å². The fraction of sp³-hybridized carbons (Fsp3) is 0.250. The van der Waals surface area contributed by atoms with Crippen LogP contribution in [0.2, 0.25) is 10.0 Å². The average Bonchev–Trinajstić information content (AvgIpc) is 2.76. The number of halogens is 2. The number of carbonyl (C=O) groups is 1. The van der Waals surface area contributed by atoms with E-state index in [1.807, 2.05) is 37.4 Å². The molecule has 0 unspecified atom stereocenters. The van der Waals surface area contributed by atoms with Crippen LogP contribution in [0.25, 0.3) is 0 Å². The van der Waals surface area contributed by atoms with Crippen molar-refractivity contribution in [2.45, 2.75) is 31.8 Å². The van der Waals surface area contributed by atoms with Crippen molar-refractivity contribution in [1.29, 1.82) is 5.26 Å². The molecule has 0 saturated heterocycles. The predicted octanol–water partition coefficient (Wildman–Crippen LogP) is 5.30. The first-order chi connectivity index (χ1) is 14.9. The van der Waals surface area contributed by atoms with Crippen LogP contribution in [-0.4, -0.2) is 17.7 Å². The van der Waals surface area contributed by atoms with Gasteiger partial charge < -0.3 is 15.4 Å². The van der Waals surface area contributed by atoms with E-state index < -0.39 is 5.92 Å². The SMILES string of the molecule is CN1C(N)=C(C#N)[C@@H](c2ccc(OCc3ccc(Cl)cc3Cl)cc2)C2=C1CCCC2=O. The Morgan fingerprint density at radius 2 is 1.94 bits per heavy atom. The molecule has 158 valence electrons. The Morgan fingerprint density at radius 3 is 2.61 bits per heavy atom. The van der Waals surface area contributed by atoms with Gasteiger partial charge in [0.15, 0.2) is 5.78 Å². The molecule has 0 spiro atoms. The quantitative estimate of drug-likeness (QED) is 0.678. The highest BCUT2D eigenvalue weighted by Gasteiger charge is 2.38. The first-order valence-electron chi connectivity index (χ1n) is 9.97. The predicted molar refractivity (Wildman–Crippen MR) is 120 cm³/mol. The number of nitriles is 1. The highest BCUT2D eigenvalue weighted by atomic mass is 35.5. The highest BCUT2D eigenvalue weighted by molar-refractivity contribution is 6.35. The molecule has 4 rings (SSSR count). The van der Waals surface area contributed by atoms with Gasteiger partial charge in [0, 0.05) is 40.3 Å². The fourth-order valence-corrected chi connectivity index (χ4v) is 4.62. The molecule has 5 nitrogen and oxygen atoms in total. The standard InChI is InChI=1S/C24H21Cl2N3O2/c1-29-20-3-2-4-21(30)23(20)22(18(12-27)24(29)28)14-6-9-17(10-7-14)31-13-15-5-8-16(25)11-19(15)26/h5-11,22H,2-4,13,28H2,1H3/t22-/m1/s1. The molecule has 0 fully saturated rings. The maximum Gasteiger partial charge on any atom is 0.161 e. The molecule has 1 aliphatic heterocycles. The van der Waals surface area contributed by atoms with E-state index in [0.29, 0.717) is 45.8 Å². The number of hydrogen-bond donors (Lipinski definition) is 1. The second-order valence-corrected chi connectivity index (χ2v) is 8.48. The van der Waals surface area contributed by atoms with Gasteiger partial charge in [-0.3, -0.25) is 4.79 Å². The van der Waals surface area contributed by atoms with E-state index in [1.54, 1.807) is 17.0 Å². The lowest BCUT2D eigenvalue weighted by Gasteiger charge is -2.37. The van der Waals surface area contributed by atoms with Crippen molar-refractivity contribution in [3.8, 4) is 11.8 Å². The topological polar surface area (TPSA) is 79.3 Å². The van der Waals surface area contributed by atoms with E-state index in [0.717, 1.165) is 29.7 Å². The number of benzene rings is 2. The van der Waals surface area contributed by atoms with E-state index in [4.69, 9.17) is 33.7 Å². The Balaban J connectivity index is 1.61. The summed E-state index contributed by atoms with van der Waals surface area (Å²) in [5.41, 5.74) is 9.94. The minimum Gasteiger partial charge on any atom is -0.489 e. The van der Waals surface area contributed by atoms with Crippen LogP contribution in [0.15, 0.2) is 65.1 Å². The normalized spacial score (nSPS) is 18.7. The molecule has 2 aromatic rings. The first-order valence-corrected chi connectivity index (χ1v) is 10.7. The summed E-state index contributed by atoms with van der Waals surface area (Å²) in [6.07, 6.45) is 2.06. The number of Topliss-reactive ketones (excluding diaryl/α,β-unsaturated/α-hetero) is 1. The van der Waals surface area contributed by atoms with Gasteiger partial charge in [0.05, 0.1) is 17.6 Å². The molecule has 0 bridgehead atoms. The Hall–Kier alpha value is -2.94. The number of nitrogens with two attached hydrogens (primary N) is 1. The van der Waals surface area contributed by atoms with Gasteiger partial charge in [-0.1, -0.05) is 41.4 Å². The van der Waals surface area contributed by atoms with Gasteiger partial charge in [-0.25, -0.2) is 0 Å². The molecule has 2 N–H and O–H groups in total. The number of allylic oxidation sites excluding steroid dienone is 3. The summed E-state index contributed by atoms with van der Waals surface area (Å²) in [6, 6.07) is 14.9. The minimum absolute atomic E-state index is 0.0797. The molecule has 0 radical (unpaired) electrons. The number of carbonyl (C=O) groups excluding carboxylic acids is 1. The van der Waals surface area contributed by atoms with E-state index in [1.165, 1.54) is 0 Å². The Morgan fingerprint density at radius 1 is 1.19 bits per heavy atom. The van der Waals surface area contributed by atoms with Crippen LogP contribution >= 0.6 is 23.2 Å². The summed E-state index contributed by atoms with van der Waals surface area (Å²) in [4.78, 5) is 14.6. The Bertz CT molecular complexity index is 1150. The smallest absolute Gasteiger partial charge is 0.161 e. The summed E-state index contributed by atoms with van der Waals surface area (Å²) in [6.45, 7) is 0.299. The summed E-state index contributed by atoms with van der Waals surface area (Å²) in [7, 11) is 1.82. The molecule has 1 heterocycles. The van der Waals surface area contributed by atoms with Crippen LogP contribution < -0.4 is 10.5 Å². The fourth-order valence-electron chi connectivity index (χ4n) is 4.15. The second-order valence-electron chi connectivity index (χ2n) is 7.63. The van der Waals surface area contributed by atoms with Gasteiger partial charge in [-0.15, -0.1) is 0 Å². The van der Waals surface area contributed by atoms with Gasteiger partial charge in [0.1, 0.15) is 18.2 Å². The number of nitrogens with zero attached hydrogens (tertiary/aromatic N) is 2. The molecular weight excluding hydrogens is 433 g/mol. The number of rotatable bonds is 4. The molecule has 2 aromatic carbocycles. The summed E-state index contributed by atoms with van der Waals surface area (Å²) >= 11 is 12.1. The molecule has 0 saturated carbocycles. The van der Waals surface area contributed by atoms with E-state index in [-0.39, 0.29) is 5.78 Å². The molecule has 1 aliphatic carbocycles. The third-order valence-electron chi connectivity index (χ3n) is 5.79. The summed E-state index contributed by atoms with van der Waals surface area (Å²) in [5.74, 6) is 0.681. The molecular formula is C24H21Cl2N3O2. The largest absolute Gasteiger partial charge is 0.489 e. The van der Waals surface area contributed by atoms with Crippen LogP contribution in [0.3, 0.4) is 0 Å². The zero-order valence-electron chi connectivity index (χ0n) is 17.0. The van der Waals surface area contributed by atoms with E-state index >= 15 is 0 Å². The molecule has 0 amide bonds. The number of ketones is 1. The van der Waals surface area contributed by atoms with Gasteiger partial charge in [0.2, 0.25) is 0 Å². The molecule has 0 aromatic heterocycles. The van der Waals surface area contributed by atoms with Crippen LogP contribution in [0, 0.1) is 11.3 Å². The monoisotopic (exact) mass is 453 g/mol. The first kappa shape index (κ1) is 21.3. The van der Waals surface area contributed by atoms with Crippen molar-refractivity contribution >= 4 is 29.0 Å². The minimum atomic E-state index is -0.455. The lowest BCUT2D eigenvalue weighted by Crippen LogP contribution is -2.36. The van der Waals surface area contributed by atoms with Crippen molar-refractivity contribution in [3.63, 3.8) is 0 Å². The molecule has 31 heavy (non-hydrogen) atoms. The maximum absolute atomic E-state index is 12.8. The Kier molecular flexibility index (Phi) is 5.95. The van der Waals surface area contributed by atoms with Gasteiger partial charge >= 0.3 is 0 Å². The molecule has 7 heteroatoms. The van der Waals surface area contributed by atoms with E-state index in [2.05, 4.69) is 6.07 Å². The van der Waals surface area contributed by atoms with Crippen LogP contribution in [0.1, 0.15) is 36.3 Å². The van der Waals surface area contributed by atoms with Gasteiger partial charge in [-0.2, -0.15) is 5.26 Å². The van der Waals surface area contributed by atoms with E-state index in [9.17, 15) is 10.1 Å². The zero-order chi connectivity index (χ0) is 22.1. The van der Waals surface area contributed by atoms with Crippen molar-refractivity contribution in [3.05, 3.63) is 86.3 Å².